The van der Waals surface area contributed by atoms with Gasteiger partial charge in [0.15, 0.2) is 0 Å². The Hall–Kier alpha value is -2.77. The fourth-order valence-corrected chi connectivity index (χ4v) is 9.67. The van der Waals surface area contributed by atoms with E-state index in [-0.39, 0.29) is 17.4 Å². The predicted octanol–water partition coefficient (Wildman–Crippen LogP) is 5.06. The van der Waals surface area contributed by atoms with E-state index < -0.39 is 15.8 Å². The molecule has 0 saturated carbocycles. The molecule has 4 nitrogen and oxygen atoms in total. The summed E-state index contributed by atoms with van der Waals surface area (Å²) in [4.78, 5) is 0. The summed E-state index contributed by atoms with van der Waals surface area (Å²) in [6.45, 7) is 18.0. The van der Waals surface area contributed by atoms with E-state index >= 15 is 0 Å². The van der Waals surface area contributed by atoms with Crippen LogP contribution in [0.5, 0.6) is 0 Å². The van der Waals surface area contributed by atoms with Gasteiger partial charge >= 0.3 is 45.2 Å². The van der Waals surface area contributed by atoms with Gasteiger partial charge < -0.3 is 0 Å². The maximum Gasteiger partial charge on any atom is 0.00405 e. The van der Waals surface area contributed by atoms with E-state index in [1.807, 2.05) is 0 Å². The largest absolute Gasteiger partial charge is 0.0622 e. The fraction of sp³-hybridized carbons (Fsp3) is 0.0345. The van der Waals surface area contributed by atoms with E-state index in [9.17, 15) is 0 Å². The van der Waals surface area contributed by atoms with Crippen LogP contribution in [0.15, 0.2) is 121 Å². The Morgan fingerprint density at radius 1 is 0.361 bits per heavy atom. The van der Waals surface area contributed by atoms with Crippen molar-refractivity contribution in [2.45, 2.75) is 0 Å². The number of hydrogen-bond acceptors (Lipinski definition) is 0. The summed E-state index contributed by atoms with van der Waals surface area (Å²) in [6, 6.07) is 44.1. The summed E-state index contributed by atoms with van der Waals surface area (Å²) < 4.78 is 30.0. The van der Waals surface area contributed by atoms with Crippen molar-refractivity contribution in [1.29, 1.82) is 0 Å². The van der Waals surface area contributed by atoms with Crippen LogP contribution in [0.1, 0.15) is 0 Å². The molecule has 0 aliphatic carbocycles. The maximum atomic E-state index is 7.50. The molecular formula is C29H22CrO4P2. The van der Waals surface area contributed by atoms with E-state index in [0.717, 1.165) is 0 Å². The smallest absolute Gasteiger partial charge is 0.00405 e. The van der Waals surface area contributed by atoms with Gasteiger partial charge in [-0.05, 0) is 37.1 Å². The van der Waals surface area contributed by atoms with Crippen LogP contribution in [0.25, 0.3) is 0 Å². The molecule has 0 spiro atoms. The molecule has 0 heterocycles. The molecule has 0 N–H and O–H groups in total. The van der Waals surface area contributed by atoms with Crippen molar-refractivity contribution >= 4 is 37.1 Å². The van der Waals surface area contributed by atoms with Crippen molar-refractivity contribution in [3.63, 3.8) is 0 Å². The van der Waals surface area contributed by atoms with Crippen molar-refractivity contribution < 1.29 is 36.0 Å². The van der Waals surface area contributed by atoms with E-state index in [1.54, 1.807) is 0 Å². The predicted molar refractivity (Wildman–Crippen MR) is 139 cm³/mol. The minimum atomic E-state index is -0.409. The zero-order chi connectivity index (χ0) is 26.3. The van der Waals surface area contributed by atoms with Gasteiger partial charge in [-0.3, -0.25) is 0 Å². The first-order chi connectivity index (χ1) is 17.4. The second-order valence-corrected chi connectivity index (χ2v) is 11.2. The van der Waals surface area contributed by atoms with Crippen LogP contribution in [0.2, 0.25) is 0 Å². The molecule has 0 aromatic heterocycles. The van der Waals surface area contributed by atoms with Crippen molar-refractivity contribution in [2.24, 2.45) is 0 Å². The average Bonchev–Trinajstić information content (AvgIpc) is 3.00. The first-order valence-corrected chi connectivity index (χ1v) is 13.0. The molecule has 178 valence electrons. The van der Waals surface area contributed by atoms with E-state index in [1.165, 1.54) is 27.1 Å². The van der Waals surface area contributed by atoms with E-state index in [2.05, 4.69) is 148 Å². The van der Waals surface area contributed by atoms with Crippen LogP contribution in [0, 0.1) is 26.6 Å². The second-order valence-electron chi connectivity index (χ2n) is 6.34. The molecule has 0 bridgehead atoms. The van der Waals surface area contributed by atoms with E-state index in [4.69, 9.17) is 18.6 Å². The van der Waals surface area contributed by atoms with Crippen molar-refractivity contribution in [3.05, 3.63) is 148 Å². The summed E-state index contributed by atoms with van der Waals surface area (Å²) >= 11 is 0. The third-order valence-electron chi connectivity index (χ3n) is 4.55. The van der Waals surface area contributed by atoms with Gasteiger partial charge in [0.2, 0.25) is 0 Å². The topological polar surface area (TPSA) is 79.6 Å². The monoisotopic (exact) mass is 548 g/mol. The normalized spacial score (nSPS) is 8.50. The third-order valence-corrected chi connectivity index (χ3v) is 10.5. The summed E-state index contributed by atoms with van der Waals surface area (Å²) in [5.74, 6) is 1.17. The van der Waals surface area contributed by atoms with Crippen LogP contribution >= 0.6 is 15.8 Å². The first-order valence-electron chi connectivity index (χ1n) is 9.99. The van der Waals surface area contributed by atoms with Crippen LogP contribution < -0.4 is 21.2 Å². The van der Waals surface area contributed by atoms with Crippen molar-refractivity contribution in [1.82, 2.24) is 0 Å². The molecular weight excluding hydrogens is 526 g/mol. The molecule has 7 heteroatoms. The first kappa shape index (κ1) is 35.4. The third kappa shape index (κ3) is 11.8. The number of benzene rings is 4. The van der Waals surface area contributed by atoms with Crippen LogP contribution in [-0.2, 0) is 36.0 Å². The molecule has 0 fully saturated rings. The molecule has 0 radical (unpaired) electrons. The number of rotatable bonds is 6. The Labute approximate surface area is 226 Å². The Balaban J connectivity index is 0. The summed E-state index contributed by atoms with van der Waals surface area (Å²) in [5, 5.41) is 5.83. The average molecular weight is 548 g/mol. The molecule has 0 atom stereocenters. The van der Waals surface area contributed by atoms with E-state index in [0.29, 0.717) is 0 Å². The minimum absolute atomic E-state index is 0. The minimum Gasteiger partial charge on any atom is -0.0622 e. The number of hydrogen-bond donors (Lipinski definition) is 0. The Morgan fingerprint density at radius 2 is 0.528 bits per heavy atom. The van der Waals surface area contributed by atoms with Gasteiger partial charge in [0.05, 0.1) is 0 Å². The maximum absolute atomic E-state index is 7.50. The Kier molecular flexibility index (Phi) is 23.5. The van der Waals surface area contributed by atoms with Gasteiger partial charge in [-0.25, -0.2) is 0 Å². The molecule has 0 aliphatic rings. The van der Waals surface area contributed by atoms with Gasteiger partial charge in [0, 0.05) is 23.3 Å². The second kappa shape index (κ2) is 24.0. The molecule has 4 aromatic carbocycles. The molecule has 0 aliphatic heterocycles. The molecule has 4 aromatic rings. The van der Waals surface area contributed by atoms with Gasteiger partial charge in [-0.1, -0.05) is 121 Å². The SMILES string of the molecule is [C-]#[O+].[C-]#[O+].[C-]#[O+].[C-]#[O+].[Cr].c1ccc(P(CP(c2ccccc2)c2ccccc2)c2ccccc2)cc1. The quantitative estimate of drug-likeness (QED) is 0.184. The molecule has 36 heavy (non-hydrogen) atoms. The summed E-state index contributed by atoms with van der Waals surface area (Å²) in [7, 11) is -0.817. The molecule has 0 unspecified atom stereocenters. The molecule has 0 saturated heterocycles. The summed E-state index contributed by atoms with van der Waals surface area (Å²) in [5.41, 5.74) is 0. The van der Waals surface area contributed by atoms with Gasteiger partial charge in [-0.15, -0.1) is 0 Å². The Morgan fingerprint density at radius 3 is 0.694 bits per heavy atom. The summed E-state index contributed by atoms with van der Waals surface area (Å²) in [6.07, 6.45) is 0. The zero-order valence-corrected chi connectivity index (χ0v) is 22.3. The molecule has 0 amide bonds. The van der Waals surface area contributed by atoms with Crippen molar-refractivity contribution in [2.75, 3.05) is 5.90 Å². The van der Waals surface area contributed by atoms with Gasteiger partial charge in [0.25, 0.3) is 0 Å². The standard InChI is InChI=1S/C25H22P2.4CO.Cr/c1-5-13-22(14-6-1)26(23-15-7-2-8-16-23)21-27(24-17-9-3-10-18-24)25-19-11-4-12-20-25;4*1-2;/h1-20H,21H2;;;;;. The van der Waals surface area contributed by atoms with Gasteiger partial charge in [-0.2, -0.15) is 0 Å². The van der Waals surface area contributed by atoms with Crippen LogP contribution in [0.3, 0.4) is 0 Å². The van der Waals surface area contributed by atoms with Crippen molar-refractivity contribution in [3.8, 4) is 0 Å². The van der Waals surface area contributed by atoms with Crippen LogP contribution in [0.4, 0.5) is 0 Å². The Bertz CT molecular complexity index is 950. The fourth-order valence-electron chi connectivity index (χ4n) is 3.20. The van der Waals surface area contributed by atoms with Gasteiger partial charge in [0.1, 0.15) is 0 Å². The molecule has 4 rings (SSSR count). The zero-order valence-electron chi connectivity index (χ0n) is 19.2. The van der Waals surface area contributed by atoms with Crippen LogP contribution in [-0.4, -0.2) is 5.90 Å².